The van der Waals surface area contributed by atoms with Crippen molar-refractivity contribution in [1.82, 2.24) is 15.3 Å². The van der Waals surface area contributed by atoms with E-state index in [0.717, 1.165) is 12.0 Å². The molecule has 6 nitrogen and oxygen atoms in total. The van der Waals surface area contributed by atoms with Gasteiger partial charge in [-0.2, -0.15) is 4.98 Å². The second-order valence-electron chi connectivity index (χ2n) is 7.07. The molecule has 0 spiro atoms. The topological polar surface area (TPSA) is 73.3 Å². The SMILES string of the molecule is COc1cccc(Oc2ccnc(-c3cccc(C(=O)NCCc4ccccc4)c3)n2)c1. The highest BCUT2D eigenvalue weighted by molar-refractivity contribution is 5.95. The van der Waals surface area contributed by atoms with E-state index in [1.165, 1.54) is 5.56 Å². The molecule has 0 aliphatic heterocycles. The fourth-order valence-electron chi connectivity index (χ4n) is 3.19. The van der Waals surface area contributed by atoms with Gasteiger partial charge in [0.2, 0.25) is 5.88 Å². The molecule has 4 rings (SSSR count). The zero-order valence-electron chi connectivity index (χ0n) is 17.7. The van der Waals surface area contributed by atoms with Gasteiger partial charge in [0, 0.05) is 36.0 Å². The minimum atomic E-state index is -0.133. The molecule has 160 valence electrons. The lowest BCUT2D eigenvalue weighted by Gasteiger charge is -2.09. The number of methoxy groups -OCH3 is 1. The molecule has 32 heavy (non-hydrogen) atoms. The van der Waals surface area contributed by atoms with E-state index in [-0.39, 0.29) is 5.91 Å². The van der Waals surface area contributed by atoms with Crippen molar-refractivity contribution in [3.05, 3.63) is 102 Å². The molecule has 6 heteroatoms. The number of ether oxygens (including phenoxy) is 2. The first-order valence-corrected chi connectivity index (χ1v) is 10.3. The Kier molecular flexibility index (Phi) is 6.72. The zero-order chi connectivity index (χ0) is 22.2. The molecule has 1 N–H and O–H groups in total. The van der Waals surface area contributed by atoms with Crippen molar-refractivity contribution in [1.29, 1.82) is 0 Å². The predicted molar refractivity (Wildman–Crippen MR) is 123 cm³/mol. The highest BCUT2D eigenvalue weighted by Gasteiger charge is 2.10. The molecule has 1 heterocycles. The van der Waals surface area contributed by atoms with Gasteiger partial charge in [-0.1, -0.05) is 48.5 Å². The maximum atomic E-state index is 12.6. The van der Waals surface area contributed by atoms with E-state index in [1.807, 2.05) is 60.7 Å². The molecular weight excluding hydrogens is 402 g/mol. The Morgan fingerprint density at radius 2 is 1.72 bits per heavy atom. The van der Waals surface area contributed by atoms with Gasteiger partial charge in [0.25, 0.3) is 5.91 Å². The summed E-state index contributed by atoms with van der Waals surface area (Å²) in [6.45, 7) is 0.563. The van der Waals surface area contributed by atoms with Crippen molar-refractivity contribution in [2.45, 2.75) is 6.42 Å². The summed E-state index contributed by atoms with van der Waals surface area (Å²) in [5, 5.41) is 2.96. The van der Waals surface area contributed by atoms with E-state index in [0.29, 0.717) is 35.3 Å². The maximum absolute atomic E-state index is 12.6. The third kappa shape index (κ3) is 5.49. The quantitative estimate of drug-likeness (QED) is 0.434. The number of benzene rings is 3. The first-order valence-electron chi connectivity index (χ1n) is 10.3. The van der Waals surface area contributed by atoms with Crippen LogP contribution in [0.25, 0.3) is 11.4 Å². The minimum Gasteiger partial charge on any atom is -0.497 e. The number of hydrogen-bond acceptors (Lipinski definition) is 5. The fraction of sp³-hybridized carbons (Fsp3) is 0.115. The monoisotopic (exact) mass is 425 g/mol. The number of nitrogens with one attached hydrogen (secondary N) is 1. The molecule has 0 saturated carbocycles. The number of rotatable bonds is 8. The highest BCUT2D eigenvalue weighted by atomic mass is 16.5. The van der Waals surface area contributed by atoms with Crippen LogP contribution in [0, 0.1) is 0 Å². The van der Waals surface area contributed by atoms with Crippen LogP contribution in [0.1, 0.15) is 15.9 Å². The smallest absolute Gasteiger partial charge is 0.251 e. The maximum Gasteiger partial charge on any atom is 0.251 e. The Morgan fingerprint density at radius 3 is 2.56 bits per heavy atom. The number of aromatic nitrogens is 2. The zero-order valence-corrected chi connectivity index (χ0v) is 17.7. The van der Waals surface area contributed by atoms with Crippen molar-refractivity contribution >= 4 is 5.91 Å². The van der Waals surface area contributed by atoms with Crippen molar-refractivity contribution in [3.8, 4) is 28.8 Å². The summed E-state index contributed by atoms with van der Waals surface area (Å²) in [6, 6.07) is 26.3. The largest absolute Gasteiger partial charge is 0.497 e. The summed E-state index contributed by atoms with van der Waals surface area (Å²) >= 11 is 0. The number of carbonyl (C=O) groups is 1. The Hall–Kier alpha value is -4.19. The standard InChI is InChI=1S/C26H23N3O3/c1-31-22-11-6-12-23(18-22)32-24-14-16-27-25(29-24)20-9-5-10-21(17-20)26(30)28-15-13-19-7-3-2-4-8-19/h2-12,14,16-18H,13,15H2,1H3,(H,28,30). The molecule has 4 aromatic rings. The Labute approximate surface area is 186 Å². The van der Waals surface area contributed by atoms with Gasteiger partial charge in [0.05, 0.1) is 7.11 Å². The molecule has 0 aliphatic rings. The van der Waals surface area contributed by atoms with E-state index >= 15 is 0 Å². The molecule has 1 aromatic heterocycles. The van der Waals surface area contributed by atoms with Crippen LogP contribution in [-0.2, 0) is 6.42 Å². The molecule has 1 amide bonds. The summed E-state index contributed by atoms with van der Waals surface area (Å²) < 4.78 is 11.1. The second kappa shape index (κ2) is 10.2. The van der Waals surface area contributed by atoms with Crippen LogP contribution in [0.5, 0.6) is 17.4 Å². The van der Waals surface area contributed by atoms with Crippen LogP contribution in [0.4, 0.5) is 0 Å². The van der Waals surface area contributed by atoms with Gasteiger partial charge >= 0.3 is 0 Å². The van der Waals surface area contributed by atoms with Crippen LogP contribution in [-0.4, -0.2) is 29.5 Å². The molecule has 3 aromatic carbocycles. The van der Waals surface area contributed by atoms with Gasteiger partial charge < -0.3 is 14.8 Å². The van der Waals surface area contributed by atoms with E-state index in [2.05, 4.69) is 15.3 Å². The molecule has 0 saturated heterocycles. The van der Waals surface area contributed by atoms with Gasteiger partial charge in [0.15, 0.2) is 5.82 Å². The lowest BCUT2D eigenvalue weighted by atomic mass is 10.1. The van der Waals surface area contributed by atoms with Gasteiger partial charge in [-0.25, -0.2) is 4.98 Å². The van der Waals surface area contributed by atoms with Gasteiger partial charge in [-0.05, 0) is 36.2 Å². The normalized spacial score (nSPS) is 10.4. The third-order valence-electron chi connectivity index (χ3n) is 4.82. The Bertz CT molecular complexity index is 1200. The molecule has 0 fully saturated rings. The van der Waals surface area contributed by atoms with E-state index in [9.17, 15) is 4.79 Å². The lowest BCUT2D eigenvalue weighted by Crippen LogP contribution is -2.25. The molecule has 0 unspecified atom stereocenters. The summed E-state index contributed by atoms with van der Waals surface area (Å²) in [4.78, 5) is 21.4. The highest BCUT2D eigenvalue weighted by Crippen LogP contribution is 2.25. The first-order chi connectivity index (χ1) is 15.7. The summed E-state index contributed by atoms with van der Waals surface area (Å²) in [5.41, 5.74) is 2.47. The molecule has 0 aliphatic carbocycles. The number of nitrogens with zero attached hydrogens (tertiary/aromatic N) is 2. The predicted octanol–water partition coefficient (Wildman–Crippen LogP) is 4.92. The van der Waals surface area contributed by atoms with E-state index in [4.69, 9.17) is 9.47 Å². The van der Waals surface area contributed by atoms with Crippen LogP contribution in [0.15, 0.2) is 91.1 Å². The van der Waals surface area contributed by atoms with Crippen LogP contribution >= 0.6 is 0 Å². The van der Waals surface area contributed by atoms with Gasteiger partial charge in [0.1, 0.15) is 11.5 Å². The average molecular weight is 425 g/mol. The second-order valence-corrected chi connectivity index (χ2v) is 7.07. The van der Waals surface area contributed by atoms with Crippen molar-refractivity contribution < 1.29 is 14.3 Å². The number of amides is 1. The molecule has 0 bridgehead atoms. The van der Waals surface area contributed by atoms with Crippen LogP contribution in [0.3, 0.4) is 0 Å². The van der Waals surface area contributed by atoms with Crippen LogP contribution < -0.4 is 14.8 Å². The number of carbonyl (C=O) groups excluding carboxylic acids is 1. The summed E-state index contributed by atoms with van der Waals surface area (Å²) in [6.07, 6.45) is 2.41. The molecule has 0 radical (unpaired) electrons. The van der Waals surface area contributed by atoms with E-state index in [1.54, 1.807) is 37.6 Å². The van der Waals surface area contributed by atoms with Crippen LogP contribution in [0.2, 0.25) is 0 Å². The van der Waals surface area contributed by atoms with Crippen molar-refractivity contribution in [3.63, 3.8) is 0 Å². The van der Waals surface area contributed by atoms with E-state index < -0.39 is 0 Å². The first kappa shape index (κ1) is 21.1. The van der Waals surface area contributed by atoms with Crippen molar-refractivity contribution in [2.24, 2.45) is 0 Å². The molecular formula is C26H23N3O3. The summed E-state index contributed by atoms with van der Waals surface area (Å²) in [5.74, 6) is 2.06. The Balaban J connectivity index is 1.44. The minimum absolute atomic E-state index is 0.133. The number of hydrogen-bond donors (Lipinski definition) is 1. The average Bonchev–Trinajstić information content (AvgIpc) is 2.85. The molecule has 0 atom stereocenters. The van der Waals surface area contributed by atoms with Gasteiger partial charge in [-0.15, -0.1) is 0 Å². The van der Waals surface area contributed by atoms with Crippen molar-refractivity contribution in [2.75, 3.05) is 13.7 Å². The summed E-state index contributed by atoms with van der Waals surface area (Å²) in [7, 11) is 1.60. The Morgan fingerprint density at radius 1 is 0.906 bits per heavy atom. The lowest BCUT2D eigenvalue weighted by molar-refractivity contribution is 0.0954. The third-order valence-corrected chi connectivity index (χ3v) is 4.82. The fourth-order valence-corrected chi connectivity index (χ4v) is 3.19. The van der Waals surface area contributed by atoms with Gasteiger partial charge in [-0.3, -0.25) is 4.79 Å².